The molecule has 1 rings (SSSR count). The largest absolute Gasteiger partial charge is 0.395 e. The lowest BCUT2D eigenvalue weighted by molar-refractivity contribution is 0.116. The maximum Gasteiger partial charge on any atom is 0.0558 e. The summed E-state index contributed by atoms with van der Waals surface area (Å²) in [5, 5.41) is 12.8. The highest BCUT2D eigenvalue weighted by atomic mass is 16.3. The van der Waals surface area contributed by atoms with Crippen molar-refractivity contribution >= 4 is 0 Å². The van der Waals surface area contributed by atoms with E-state index in [-0.39, 0.29) is 12.0 Å². The SMILES string of the molecule is CCC(CC)N(CCO)CC(C)(CNC)c1ccccc1. The molecule has 2 N–H and O–H groups in total. The summed E-state index contributed by atoms with van der Waals surface area (Å²) >= 11 is 0. The van der Waals surface area contributed by atoms with Crippen molar-refractivity contribution in [2.24, 2.45) is 0 Å². The van der Waals surface area contributed by atoms with Crippen molar-refractivity contribution in [3.63, 3.8) is 0 Å². The number of hydrogen-bond donors (Lipinski definition) is 2. The number of hydrogen-bond acceptors (Lipinski definition) is 3. The van der Waals surface area contributed by atoms with E-state index < -0.39 is 0 Å². The molecule has 0 fully saturated rings. The van der Waals surface area contributed by atoms with Crippen molar-refractivity contribution in [1.29, 1.82) is 0 Å². The molecule has 21 heavy (non-hydrogen) atoms. The number of nitrogens with one attached hydrogen (secondary N) is 1. The molecule has 1 aromatic carbocycles. The average molecular weight is 292 g/mol. The van der Waals surface area contributed by atoms with Gasteiger partial charge in [-0.3, -0.25) is 4.90 Å². The molecule has 0 aliphatic carbocycles. The molecule has 0 amide bonds. The molecule has 0 saturated heterocycles. The van der Waals surface area contributed by atoms with Gasteiger partial charge in [-0.25, -0.2) is 0 Å². The summed E-state index contributed by atoms with van der Waals surface area (Å²) in [5.74, 6) is 0. The Morgan fingerprint density at radius 2 is 1.81 bits per heavy atom. The third-order valence-corrected chi connectivity index (χ3v) is 4.44. The van der Waals surface area contributed by atoms with Gasteiger partial charge in [0.1, 0.15) is 0 Å². The van der Waals surface area contributed by atoms with Gasteiger partial charge in [0.15, 0.2) is 0 Å². The Hall–Kier alpha value is -0.900. The van der Waals surface area contributed by atoms with E-state index in [9.17, 15) is 5.11 Å². The van der Waals surface area contributed by atoms with Gasteiger partial charge in [-0.15, -0.1) is 0 Å². The smallest absolute Gasteiger partial charge is 0.0558 e. The monoisotopic (exact) mass is 292 g/mol. The summed E-state index contributed by atoms with van der Waals surface area (Å²) in [7, 11) is 2.01. The fourth-order valence-corrected chi connectivity index (χ4v) is 3.25. The molecule has 0 heterocycles. The van der Waals surface area contributed by atoms with Crippen molar-refractivity contribution in [1.82, 2.24) is 10.2 Å². The number of rotatable bonds is 10. The summed E-state index contributed by atoms with van der Waals surface area (Å²) in [6.45, 7) is 9.64. The van der Waals surface area contributed by atoms with Crippen LogP contribution in [0.1, 0.15) is 39.2 Å². The minimum Gasteiger partial charge on any atom is -0.395 e. The highest BCUT2D eigenvalue weighted by Crippen LogP contribution is 2.26. The van der Waals surface area contributed by atoms with Gasteiger partial charge in [0, 0.05) is 31.1 Å². The molecule has 3 heteroatoms. The Morgan fingerprint density at radius 1 is 1.19 bits per heavy atom. The number of aliphatic hydroxyl groups is 1. The molecule has 0 spiro atoms. The van der Waals surface area contributed by atoms with E-state index in [1.807, 2.05) is 7.05 Å². The van der Waals surface area contributed by atoms with Crippen LogP contribution in [0.25, 0.3) is 0 Å². The lowest BCUT2D eigenvalue weighted by Gasteiger charge is -2.39. The Balaban J connectivity index is 2.98. The fourth-order valence-electron chi connectivity index (χ4n) is 3.25. The second-order valence-electron chi connectivity index (χ2n) is 6.12. The maximum absolute atomic E-state index is 9.42. The maximum atomic E-state index is 9.42. The zero-order valence-corrected chi connectivity index (χ0v) is 14.1. The summed E-state index contributed by atoms with van der Waals surface area (Å²) in [6.07, 6.45) is 2.25. The average Bonchev–Trinajstić information content (AvgIpc) is 2.50. The number of likely N-dealkylation sites (N-methyl/N-ethyl adjacent to an activating group) is 1. The van der Waals surface area contributed by atoms with E-state index in [0.717, 1.165) is 32.5 Å². The van der Waals surface area contributed by atoms with Gasteiger partial charge in [0.2, 0.25) is 0 Å². The predicted octanol–water partition coefficient (Wildman–Crippen LogP) is 2.65. The molecule has 1 aromatic rings. The first kappa shape index (κ1) is 18.1. The quantitative estimate of drug-likeness (QED) is 0.696. The normalized spacial score (nSPS) is 14.6. The Kier molecular flexibility index (Phi) is 7.94. The highest BCUT2D eigenvalue weighted by molar-refractivity contribution is 5.25. The second kappa shape index (κ2) is 9.19. The number of nitrogens with zero attached hydrogens (tertiary/aromatic N) is 1. The van der Waals surface area contributed by atoms with Crippen molar-refractivity contribution in [3.8, 4) is 0 Å². The van der Waals surface area contributed by atoms with Crippen LogP contribution in [0.3, 0.4) is 0 Å². The summed E-state index contributed by atoms with van der Waals surface area (Å²) < 4.78 is 0. The van der Waals surface area contributed by atoms with Crippen LogP contribution in [0.2, 0.25) is 0 Å². The Labute approximate surface area is 130 Å². The lowest BCUT2D eigenvalue weighted by Crippen LogP contribution is -2.49. The van der Waals surface area contributed by atoms with Gasteiger partial charge in [-0.05, 0) is 25.5 Å². The number of benzene rings is 1. The first-order chi connectivity index (χ1) is 10.1. The van der Waals surface area contributed by atoms with E-state index in [1.165, 1.54) is 5.56 Å². The lowest BCUT2D eigenvalue weighted by atomic mass is 9.81. The van der Waals surface area contributed by atoms with Crippen LogP contribution in [-0.4, -0.2) is 49.3 Å². The zero-order valence-electron chi connectivity index (χ0n) is 14.1. The fraction of sp³-hybridized carbons (Fsp3) is 0.667. The highest BCUT2D eigenvalue weighted by Gasteiger charge is 2.30. The van der Waals surface area contributed by atoms with Crippen molar-refractivity contribution < 1.29 is 5.11 Å². The van der Waals surface area contributed by atoms with Crippen LogP contribution in [0.5, 0.6) is 0 Å². The van der Waals surface area contributed by atoms with Crippen LogP contribution in [0.15, 0.2) is 30.3 Å². The minimum atomic E-state index is 0.0494. The summed E-state index contributed by atoms with van der Waals surface area (Å²) in [5.41, 5.74) is 1.40. The molecular weight excluding hydrogens is 260 g/mol. The van der Waals surface area contributed by atoms with Gasteiger partial charge in [0.25, 0.3) is 0 Å². The summed E-state index contributed by atoms with van der Waals surface area (Å²) in [4.78, 5) is 2.45. The third-order valence-electron chi connectivity index (χ3n) is 4.44. The van der Waals surface area contributed by atoms with Crippen LogP contribution >= 0.6 is 0 Å². The predicted molar refractivity (Wildman–Crippen MR) is 90.7 cm³/mol. The van der Waals surface area contributed by atoms with E-state index in [0.29, 0.717) is 6.04 Å². The molecule has 120 valence electrons. The molecule has 0 saturated carbocycles. The van der Waals surface area contributed by atoms with E-state index in [2.05, 4.69) is 61.3 Å². The Morgan fingerprint density at radius 3 is 2.29 bits per heavy atom. The third kappa shape index (κ3) is 5.10. The molecule has 3 nitrogen and oxygen atoms in total. The van der Waals surface area contributed by atoms with Gasteiger partial charge in [0.05, 0.1) is 6.61 Å². The van der Waals surface area contributed by atoms with Crippen molar-refractivity contribution in [2.45, 2.75) is 45.1 Å². The molecule has 0 aliphatic rings. The molecule has 0 aromatic heterocycles. The van der Waals surface area contributed by atoms with Crippen LogP contribution in [0.4, 0.5) is 0 Å². The van der Waals surface area contributed by atoms with Gasteiger partial charge < -0.3 is 10.4 Å². The van der Waals surface area contributed by atoms with E-state index in [4.69, 9.17) is 0 Å². The molecular formula is C18H32N2O. The molecule has 0 radical (unpaired) electrons. The minimum absolute atomic E-state index is 0.0494. The van der Waals surface area contributed by atoms with Crippen LogP contribution in [-0.2, 0) is 5.41 Å². The van der Waals surface area contributed by atoms with E-state index >= 15 is 0 Å². The van der Waals surface area contributed by atoms with Crippen LogP contribution < -0.4 is 5.32 Å². The summed E-state index contributed by atoms with van der Waals surface area (Å²) in [6, 6.07) is 11.2. The topological polar surface area (TPSA) is 35.5 Å². The molecule has 1 unspecified atom stereocenters. The standard InChI is InChI=1S/C18H32N2O/c1-5-17(6-2)20(12-13-21)15-18(3,14-19-4)16-10-8-7-9-11-16/h7-11,17,19,21H,5-6,12-15H2,1-4H3. The van der Waals surface area contributed by atoms with Crippen molar-refractivity contribution in [3.05, 3.63) is 35.9 Å². The second-order valence-corrected chi connectivity index (χ2v) is 6.12. The van der Waals surface area contributed by atoms with Crippen LogP contribution in [0, 0.1) is 0 Å². The van der Waals surface area contributed by atoms with Crippen molar-refractivity contribution in [2.75, 3.05) is 33.3 Å². The Bertz CT molecular complexity index is 378. The first-order valence-electron chi connectivity index (χ1n) is 8.16. The number of aliphatic hydroxyl groups excluding tert-OH is 1. The molecule has 0 bridgehead atoms. The molecule has 0 aliphatic heterocycles. The molecule has 1 atom stereocenters. The zero-order chi connectivity index (χ0) is 15.7. The first-order valence-corrected chi connectivity index (χ1v) is 8.16. The van der Waals surface area contributed by atoms with Gasteiger partial charge >= 0.3 is 0 Å². The van der Waals surface area contributed by atoms with Gasteiger partial charge in [-0.1, -0.05) is 51.1 Å². The van der Waals surface area contributed by atoms with E-state index in [1.54, 1.807) is 0 Å². The van der Waals surface area contributed by atoms with Gasteiger partial charge in [-0.2, -0.15) is 0 Å².